The van der Waals surface area contributed by atoms with Gasteiger partial charge in [-0.3, -0.25) is 4.98 Å². The highest BCUT2D eigenvalue weighted by Gasteiger charge is 2.13. The highest BCUT2D eigenvalue weighted by molar-refractivity contribution is 5.07. The third kappa shape index (κ3) is 4.12. The average Bonchev–Trinajstić information content (AvgIpc) is 2.41. The van der Waals surface area contributed by atoms with E-state index in [0.717, 1.165) is 18.2 Å². The maximum atomic E-state index is 4.38. The van der Waals surface area contributed by atoms with Crippen LogP contribution in [0.5, 0.6) is 0 Å². The minimum absolute atomic E-state index is 0.375. The van der Waals surface area contributed by atoms with Gasteiger partial charge in [0.1, 0.15) is 0 Å². The Hall–Kier alpha value is -0.890. The highest BCUT2D eigenvalue weighted by Crippen LogP contribution is 2.25. The lowest BCUT2D eigenvalue weighted by Crippen LogP contribution is -2.23. The van der Waals surface area contributed by atoms with Gasteiger partial charge in [0.15, 0.2) is 0 Å². The predicted molar refractivity (Wildman–Crippen MR) is 71.8 cm³/mol. The number of hydrogen-bond donors (Lipinski definition) is 1. The number of aromatic nitrogens is 1. The number of pyridine rings is 1. The third-order valence-electron chi connectivity index (χ3n) is 3.86. The van der Waals surface area contributed by atoms with Crippen LogP contribution in [-0.2, 0) is 0 Å². The van der Waals surface area contributed by atoms with Gasteiger partial charge in [-0.25, -0.2) is 0 Å². The molecule has 1 saturated carbocycles. The second-order valence-corrected chi connectivity index (χ2v) is 5.22. The van der Waals surface area contributed by atoms with E-state index in [1.807, 2.05) is 12.3 Å². The topological polar surface area (TPSA) is 24.9 Å². The van der Waals surface area contributed by atoms with E-state index in [1.54, 1.807) is 0 Å². The first-order chi connectivity index (χ1) is 8.36. The molecule has 1 aliphatic rings. The van der Waals surface area contributed by atoms with Gasteiger partial charge < -0.3 is 5.32 Å². The molecule has 1 N–H and O–H groups in total. The van der Waals surface area contributed by atoms with Crippen molar-refractivity contribution in [2.75, 3.05) is 6.54 Å². The van der Waals surface area contributed by atoms with Crippen molar-refractivity contribution in [1.82, 2.24) is 10.3 Å². The molecule has 0 amide bonds. The minimum atomic E-state index is 0.375. The van der Waals surface area contributed by atoms with E-state index in [9.17, 15) is 0 Å². The zero-order chi connectivity index (χ0) is 11.9. The summed E-state index contributed by atoms with van der Waals surface area (Å²) < 4.78 is 0. The van der Waals surface area contributed by atoms with Crippen LogP contribution in [0.25, 0.3) is 0 Å². The Labute approximate surface area is 105 Å². The Morgan fingerprint density at radius 2 is 2.12 bits per heavy atom. The van der Waals surface area contributed by atoms with E-state index < -0.39 is 0 Å². The first-order valence-electron chi connectivity index (χ1n) is 7.00. The van der Waals surface area contributed by atoms with Crippen molar-refractivity contribution >= 4 is 0 Å². The standard InChI is InChI=1S/C15H24N2/c1-13(15-9-5-6-11-17-15)16-12-10-14-7-3-2-4-8-14/h5-6,9,11,13-14,16H,2-4,7-8,10,12H2,1H3/t13-/m1/s1. The fourth-order valence-electron chi connectivity index (χ4n) is 2.72. The second-order valence-electron chi connectivity index (χ2n) is 5.22. The molecule has 1 heterocycles. The lowest BCUT2D eigenvalue weighted by Gasteiger charge is -2.22. The molecule has 0 aromatic carbocycles. The fraction of sp³-hybridized carbons (Fsp3) is 0.667. The third-order valence-corrected chi connectivity index (χ3v) is 3.86. The number of nitrogens with zero attached hydrogens (tertiary/aromatic N) is 1. The van der Waals surface area contributed by atoms with Crippen LogP contribution < -0.4 is 5.32 Å². The molecule has 0 unspecified atom stereocenters. The van der Waals surface area contributed by atoms with Crippen LogP contribution in [0.3, 0.4) is 0 Å². The molecule has 0 bridgehead atoms. The van der Waals surface area contributed by atoms with E-state index in [-0.39, 0.29) is 0 Å². The van der Waals surface area contributed by atoms with Crippen molar-refractivity contribution in [1.29, 1.82) is 0 Å². The quantitative estimate of drug-likeness (QED) is 0.837. The SMILES string of the molecule is C[C@@H](NCCC1CCCCC1)c1ccccn1. The summed E-state index contributed by atoms with van der Waals surface area (Å²) in [6, 6.07) is 6.50. The van der Waals surface area contributed by atoms with Crippen molar-refractivity contribution < 1.29 is 0 Å². The highest BCUT2D eigenvalue weighted by atomic mass is 14.9. The monoisotopic (exact) mass is 232 g/mol. The minimum Gasteiger partial charge on any atom is -0.309 e. The number of hydrogen-bond acceptors (Lipinski definition) is 2. The largest absolute Gasteiger partial charge is 0.309 e. The summed E-state index contributed by atoms with van der Waals surface area (Å²) in [4.78, 5) is 4.38. The Morgan fingerprint density at radius 3 is 2.82 bits per heavy atom. The van der Waals surface area contributed by atoms with Crippen molar-refractivity contribution in [2.24, 2.45) is 5.92 Å². The molecule has 0 saturated heterocycles. The summed E-state index contributed by atoms with van der Waals surface area (Å²) >= 11 is 0. The molecule has 2 heteroatoms. The lowest BCUT2D eigenvalue weighted by molar-refractivity contribution is 0.329. The second kappa shape index (κ2) is 6.75. The normalized spacial score (nSPS) is 19.1. The summed E-state index contributed by atoms with van der Waals surface area (Å²) in [7, 11) is 0. The lowest BCUT2D eigenvalue weighted by atomic mass is 9.87. The summed E-state index contributed by atoms with van der Waals surface area (Å²) in [5, 5.41) is 3.58. The maximum Gasteiger partial charge on any atom is 0.0570 e. The molecule has 1 aliphatic carbocycles. The molecule has 0 spiro atoms. The van der Waals surface area contributed by atoms with Gasteiger partial charge in [-0.1, -0.05) is 38.2 Å². The van der Waals surface area contributed by atoms with Crippen molar-refractivity contribution in [2.45, 2.75) is 51.5 Å². The maximum absolute atomic E-state index is 4.38. The van der Waals surface area contributed by atoms with E-state index in [0.29, 0.717) is 6.04 Å². The molecule has 0 aliphatic heterocycles. The molecule has 17 heavy (non-hydrogen) atoms. The first-order valence-corrected chi connectivity index (χ1v) is 7.00. The zero-order valence-corrected chi connectivity index (χ0v) is 10.9. The molecule has 2 rings (SSSR count). The van der Waals surface area contributed by atoms with Crippen LogP contribution in [0.2, 0.25) is 0 Å². The zero-order valence-electron chi connectivity index (χ0n) is 10.9. The van der Waals surface area contributed by atoms with Gasteiger partial charge in [0.2, 0.25) is 0 Å². The van der Waals surface area contributed by atoms with Crippen LogP contribution in [0.15, 0.2) is 24.4 Å². The fourth-order valence-corrected chi connectivity index (χ4v) is 2.72. The summed E-state index contributed by atoms with van der Waals surface area (Å²) in [5.74, 6) is 0.965. The van der Waals surface area contributed by atoms with Gasteiger partial charge in [-0.05, 0) is 37.9 Å². The molecule has 94 valence electrons. The molecular formula is C15H24N2. The van der Waals surface area contributed by atoms with Crippen LogP contribution in [0.1, 0.15) is 57.2 Å². The summed E-state index contributed by atoms with van der Waals surface area (Å²) in [5.41, 5.74) is 1.15. The molecule has 1 atom stereocenters. The summed E-state index contributed by atoms with van der Waals surface area (Å²) in [6.45, 7) is 3.33. The van der Waals surface area contributed by atoms with Crippen LogP contribution in [0.4, 0.5) is 0 Å². The van der Waals surface area contributed by atoms with Gasteiger partial charge in [-0.15, -0.1) is 0 Å². The van der Waals surface area contributed by atoms with Crippen LogP contribution in [0, 0.1) is 5.92 Å². The summed E-state index contributed by atoms with van der Waals surface area (Å²) in [6.07, 6.45) is 10.4. The van der Waals surface area contributed by atoms with Gasteiger partial charge in [0, 0.05) is 12.2 Å². The smallest absolute Gasteiger partial charge is 0.0570 e. The van der Waals surface area contributed by atoms with Gasteiger partial charge in [0.25, 0.3) is 0 Å². The van der Waals surface area contributed by atoms with Crippen LogP contribution >= 0.6 is 0 Å². The van der Waals surface area contributed by atoms with E-state index in [1.165, 1.54) is 38.5 Å². The first kappa shape index (κ1) is 12.6. The van der Waals surface area contributed by atoms with Crippen molar-refractivity contribution in [3.05, 3.63) is 30.1 Å². The predicted octanol–water partition coefficient (Wildman–Crippen LogP) is 3.70. The Kier molecular flexibility index (Phi) is 4.99. The molecule has 1 aromatic heterocycles. The molecule has 1 aromatic rings. The molecule has 1 fully saturated rings. The van der Waals surface area contributed by atoms with E-state index in [2.05, 4.69) is 29.4 Å². The number of rotatable bonds is 5. The van der Waals surface area contributed by atoms with E-state index >= 15 is 0 Å². The molecule has 2 nitrogen and oxygen atoms in total. The van der Waals surface area contributed by atoms with Gasteiger partial charge >= 0.3 is 0 Å². The van der Waals surface area contributed by atoms with Gasteiger partial charge in [-0.2, -0.15) is 0 Å². The van der Waals surface area contributed by atoms with E-state index in [4.69, 9.17) is 0 Å². The molecule has 0 radical (unpaired) electrons. The average molecular weight is 232 g/mol. The van der Waals surface area contributed by atoms with Crippen LogP contribution in [-0.4, -0.2) is 11.5 Å². The Bertz CT molecular complexity index is 304. The van der Waals surface area contributed by atoms with Gasteiger partial charge in [0.05, 0.1) is 5.69 Å². The molecular weight excluding hydrogens is 208 g/mol. The Morgan fingerprint density at radius 1 is 1.29 bits per heavy atom. The Balaban J connectivity index is 1.67. The van der Waals surface area contributed by atoms with Crippen molar-refractivity contribution in [3.63, 3.8) is 0 Å². The number of nitrogens with one attached hydrogen (secondary N) is 1. The van der Waals surface area contributed by atoms with Crippen molar-refractivity contribution in [3.8, 4) is 0 Å².